The third kappa shape index (κ3) is 4.24. The Morgan fingerprint density at radius 1 is 1.25 bits per heavy atom. The number of nitrogens with one attached hydrogen (secondary N) is 2. The topological polar surface area (TPSA) is 54.0 Å². The van der Waals surface area contributed by atoms with Crippen LogP contribution in [0.3, 0.4) is 0 Å². The minimum absolute atomic E-state index is 0.342. The molecule has 1 atom stereocenters. The van der Waals surface area contributed by atoms with Crippen molar-refractivity contribution in [1.82, 2.24) is 10.3 Å². The lowest BCUT2D eigenvalue weighted by atomic mass is 10.2. The summed E-state index contributed by atoms with van der Waals surface area (Å²) in [5.41, 5.74) is 0.479. The molecule has 0 aliphatic carbocycles. The van der Waals surface area contributed by atoms with Gasteiger partial charge in [0, 0.05) is 17.1 Å². The minimum atomic E-state index is -1.71. The molecular formula is C12H10Cl3N3OS. The molecule has 1 aromatic carbocycles. The second-order valence-electron chi connectivity index (χ2n) is 3.80. The van der Waals surface area contributed by atoms with Crippen molar-refractivity contribution in [2.45, 2.75) is 9.96 Å². The summed E-state index contributed by atoms with van der Waals surface area (Å²) in [6.07, 6.45) is 0.716. The molecule has 1 aromatic heterocycles. The van der Waals surface area contributed by atoms with Crippen molar-refractivity contribution in [3.63, 3.8) is 0 Å². The first-order valence-electron chi connectivity index (χ1n) is 5.55. The van der Waals surface area contributed by atoms with E-state index in [2.05, 4.69) is 15.6 Å². The molecular weight excluding hydrogens is 341 g/mol. The molecule has 0 saturated carbocycles. The van der Waals surface area contributed by atoms with Crippen molar-refractivity contribution in [2.75, 3.05) is 5.32 Å². The summed E-state index contributed by atoms with van der Waals surface area (Å²) >= 11 is 19.0. The van der Waals surface area contributed by atoms with Crippen LogP contribution in [0.25, 0.3) is 0 Å². The van der Waals surface area contributed by atoms with Crippen LogP contribution in [-0.4, -0.2) is 20.8 Å². The normalized spacial score (nSPS) is 12.8. The molecule has 0 saturated heterocycles. The fraction of sp³-hybridized carbons (Fsp3) is 0.167. The van der Waals surface area contributed by atoms with Gasteiger partial charge >= 0.3 is 0 Å². The van der Waals surface area contributed by atoms with Gasteiger partial charge in [-0.15, -0.1) is 11.3 Å². The summed E-state index contributed by atoms with van der Waals surface area (Å²) in [5, 5.41) is 7.84. The summed E-state index contributed by atoms with van der Waals surface area (Å²) in [5.74, 6) is -0.342. The lowest BCUT2D eigenvalue weighted by Crippen LogP contribution is -2.49. The smallest absolute Gasteiger partial charge is 0.252 e. The third-order valence-electron chi connectivity index (χ3n) is 2.34. The molecule has 0 unspecified atom stereocenters. The van der Waals surface area contributed by atoms with E-state index in [0.29, 0.717) is 10.7 Å². The SMILES string of the molecule is O=C(N[C@@H](Nc1nccs1)C(Cl)(Cl)Cl)c1ccccc1. The maximum absolute atomic E-state index is 12.1. The molecule has 0 aliphatic heterocycles. The van der Waals surface area contributed by atoms with E-state index >= 15 is 0 Å². The predicted octanol–water partition coefficient (Wildman–Crippen LogP) is 3.68. The number of carbonyl (C=O) groups excluding carboxylic acids is 1. The molecule has 106 valence electrons. The van der Waals surface area contributed by atoms with Gasteiger partial charge < -0.3 is 10.6 Å². The Labute approximate surface area is 135 Å². The molecule has 4 nitrogen and oxygen atoms in total. The first-order chi connectivity index (χ1) is 9.47. The van der Waals surface area contributed by atoms with Gasteiger partial charge in [-0.25, -0.2) is 4.98 Å². The van der Waals surface area contributed by atoms with Crippen molar-refractivity contribution in [3.8, 4) is 0 Å². The average Bonchev–Trinajstić information content (AvgIpc) is 2.91. The summed E-state index contributed by atoms with van der Waals surface area (Å²) in [7, 11) is 0. The monoisotopic (exact) mass is 349 g/mol. The molecule has 0 spiro atoms. The van der Waals surface area contributed by atoms with Gasteiger partial charge in [-0.05, 0) is 12.1 Å². The van der Waals surface area contributed by atoms with Gasteiger partial charge in [0.2, 0.25) is 3.79 Å². The molecule has 0 radical (unpaired) electrons. The van der Waals surface area contributed by atoms with Crippen molar-refractivity contribution in [3.05, 3.63) is 47.5 Å². The van der Waals surface area contributed by atoms with Crippen LogP contribution in [0.2, 0.25) is 0 Å². The highest BCUT2D eigenvalue weighted by molar-refractivity contribution is 7.13. The lowest BCUT2D eigenvalue weighted by Gasteiger charge is -2.26. The number of anilines is 1. The molecule has 0 aliphatic rings. The summed E-state index contributed by atoms with van der Waals surface area (Å²) < 4.78 is -1.71. The highest BCUT2D eigenvalue weighted by atomic mass is 35.6. The van der Waals surface area contributed by atoms with Gasteiger partial charge in [0.05, 0.1) is 0 Å². The highest BCUT2D eigenvalue weighted by Crippen LogP contribution is 2.31. The standard InChI is InChI=1S/C12H10Cl3N3OS/c13-12(14,15)10(18-11-16-6-7-20-11)17-9(19)8-4-2-1-3-5-8/h1-7,10H,(H,16,18)(H,17,19)/t10-/m0/s1. The number of benzene rings is 1. The van der Waals surface area contributed by atoms with E-state index in [1.54, 1.807) is 35.8 Å². The number of aromatic nitrogens is 1. The van der Waals surface area contributed by atoms with Gasteiger partial charge in [0.1, 0.15) is 6.17 Å². The molecule has 20 heavy (non-hydrogen) atoms. The number of rotatable bonds is 4. The number of hydrogen-bond donors (Lipinski definition) is 2. The zero-order chi connectivity index (χ0) is 14.6. The van der Waals surface area contributed by atoms with E-state index in [4.69, 9.17) is 34.8 Å². The third-order valence-corrected chi connectivity index (χ3v) is 3.70. The van der Waals surface area contributed by atoms with Crippen LogP contribution in [0.4, 0.5) is 5.13 Å². The van der Waals surface area contributed by atoms with Crippen LogP contribution in [0.15, 0.2) is 41.9 Å². The van der Waals surface area contributed by atoms with E-state index < -0.39 is 9.96 Å². The Morgan fingerprint density at radius 3 is 2.50 bits per heavy atom. The van der Waals surface area contributed by atoms with Crippen molar-refractivity contribution in [2.24, 2.45) is 0 Å². The largest absolute Gasteiger partial charge is 0.338 e. The van der Waals surface area contributed by atoms with Crippen LogP contribution in [0, 0.1) is 0 Å². The van der Waals surface area contributed by atoms with Crippen LogP contribution in [0.1, 0.15) is 10.4 Å². The van der Waals surface area contributed by atoms with Crippen LogP contribution in [-0.2, 0) is 0 Å². The van der Waals surface area contributed by atoms with E-state index in [-0.39, 0.29) is 5.91 Å². The van der Waals surface area contributed by atoms with Crippen LogP contribution < -0.4 is 10.6 Å². The molecule has 1 amide bonds. The molecule has 2 N–H and O–H groups in total. The van der Waals surface area contributed by atoms with Crippen molar-refractivity contribution < 1.29 is 4.79 Å². The molecule has 1 heterocycles. The Kier molecular flexibility index (Phi) is 5.10. The second kappa shape index (κ2) is 6.63. The molecule has 2 aromatic rings. The molecule has 0 bridgehead atoms. The maximum atomic E-state index is 12.1. The number of alkyl halides is 3. The Hall–Kier alpha value is -1.01. The zero-order valence-corrected chi connectivity index (χ0v) is 13.1. The number of halogens is 3. The fourth-order valence-corrected chi connectivity index (χ4v) is 2.31. The highest BCUT2D eigenvalue weighted by Gasteiger charge is 2.34. The molecule has 0 fully saturated rings. The lowest BCUT2D eigenvalue weighted by molar-refractivity contribution is 0.0942. The number of carbonyl (C=O) groups is 1. The van der Waals surface area contributed by atoms with E-state index in [1.807, 2.05) is 6.07 Å². The van der Waals surface area contributed by atoms with Crippen molar-refractivity contribution in [1.29, 1.82) is 0 Å². The summed E-state index contributed by atoms with van der Waals surface area (Å²) in [6, 6.07) is 8.68. The quantitative estimate of drug-likeness (QED) is 0.653. The molecule has 2 rings (SSSR count). The number of thiazole rings is 1. The van der Waals surface area contributed by atoms with E-state index in [9.17, 15) is 4.79 Å². The Morgan fingerprint density at radius 2 is 1.95 bits per heavy atom. The first kappa shape index (κ1) is 15.4. The van der Waals surface area contributed by atoms with Gasteiger partial charge in [-0.1, -0.05) is 53.0 Å². The Bertz CT molecular complexity index is 557. The predicted molar refractivity (Wildman–Crippen MR) is 83.7 cm³/mol. The fourth-order valence-electron chi connectivity index (χ4n) is 1.42. The Balaban J connectivity index is 2.10. The van der Waals surface area contributed by atoms with E-state index in [1.165, 1.54) is 11.3 Å². The number of hydrogen-bond acceptors (Lipinski definition) is 4. The summed E-state index contributed by atoms with van der Waals surface area (Å²) in [6.45, 7) is 0. The minimum Gasteiger partial charge on any atom is -0.338 e. The van der Waals surface area contributed by atoms with Crippen LogP contribution in [0.5, 0.6) is 0 Å². The van der Waals surface area contributed by atoms with Gasteiger partial charge in [0.15, 0.2) is 5.13 Å². The zero-order valence-electron chi connectivity index (χ0n) is 10.0. The van der Waals surface area contributed by atoms with Crippen LogP contribution >= 0.6 is 46.1 Å². The van der Waals surface area contributed by atoms with Gasteiger partial charge in [0.25, 0.3) is 5.91 Å². The number of nitrogens with zero attached hydrogens (tertiary/aromatic N) is 1. The summed E-state index contributed by atoms with van der Waals surface area (Å²) in [4.78, 5) is 16.1. The number of amides is 1. The van der Waals surface area contributed by atoms with E-state index in [0.717, 1.165) is 0 Å². The first-order valence-corrected chi connectivity index (χ1v) is 7.57. The second-order valence-corrected chi connectivity index (χ2v) is 7.06. The van der Waals surface area contributed by atoms with Gasteiger partial charge in [-0.3, -0.25) is 4.79 Å². The van der Waals surface area contributed by atoms with Gasteiger partial charge in [-0.2, -0.15) is 0 Å². The van der Waals surface area contributed by atoms with Crippen molar-refractivity contribution >= 4 is 57.2 Å². The average molecular weight is 351 g/mol. The molecule has 8 heteroatoms. The maximum Gasteiger partial charge on any atom is 0.252 e.